The van der Waals surface area contributed by atoms with E-state index in [9.17, 15) is 19.2 Å². The van der Waals surface area contributed by atoms with E-state index in [2.05, 4.69) is 15.6 Å². The maximum Gasteiger partial charge on any atom is 0.328 e. The minimum Gasteiger partial charge on any atom is -0.383 e. The van der Waals surface area contributed by atoms with Crippen LogP contribution in [0.1, 0.15) is 17.3 Å². The molecule has 0 fully saturated rings. The number of carbonyl (C=O) groups is 2. The number of anilines is 2. The molecule has 29 heavy (non-hydrogen) atoms. The molecular weight excluding hydrogens is 376 g/mol. The lowest BCUT2D eigenvalue weighted by Gasteiger charge is -2.10. The smallest absolute Gasteiger partial charge is 0.328 e. The van der Waals surface area contributed by atoms with Crippen molar-refractivity contribution < 1.29 is 14.3 Å². The summed E-state index contributed by atoms with van der Waals surface area (Å²) in [5.41, 5.74) is 0.688. The van der Waals surface area contributed by atoms with Gasteiger partial charge in [-0.3, -0.25) is 14.2 Å². The molecule has 150 valence electrons. The number of fused-ring (bicyclic) bond motifs is 1. The Bertz CT molecular complexity index is 1200. The summed E-state index contributed by atoms with van der Waals surface area (Å²) in [5.74, 6) is -0.109. The van der Waals surface area contributed by atoms with Crippen molar-refractivity contribution in [3.63, 3.8) is 0 Å². The Morgan fingerprint density at radius 3 is 2.48 bits per heavy atom. The number of ether oxygens (including phenoxy) is 1. The third kappa shape index (κ3) is 4.58. The zero-order valence-electron chi connectivity index (χ0n) is 15.9. The van der Waals surface area contributed by atoms with E-state index in [1.165, 1.54) is 20.1 Å². The van der Waals surface area contributed by atoms with Crippen LogP contribution in [0.15, 0.2) is 52.1 Å². The van der Waals surface area contributed by atoms with Gasteiger partial charge in [0.2, 0.25) is 0 Å². The third-order valence-electron chi connectivity index (χ3n) is 4.29. The Balaban J connectivity index is 1.84. The predicted octanol–water partition coefficient (Wildman–Crippen LogP) is 2.18. The molecule has 2 aromatic carbocycles. The van der Waals surface area contributed by atoms with E-state index in [0.717, 1.165) is 4.57 Å². The molecule has 0 bridgehead atoms. The van der Waals surface area contributed by atoms with Gasteiger partial charge in [0.15, 0.2) is 5.78 Å². The highest BCUT2D eigenvalue weighted by molar-refractivity contribution is 6.02. The number of benzene rings is 2. The first-order chi connectivity index (χ1) is 13.9. The van der Waals surface area contributed by atoms with Crippen LogP contribution in [0.2, 0.25) is 0 Å². The number of aromatic amines is 1. The second-order valence-electron chi connectivity index (χ2n) is 6.36. The lowest BCUT2D eigenvalue weighted by atomic mass is 10.1. The van der Waals surface area contributed by atoms with Gasteiger partial charge in [-0.05, 0) is 37.3 Å². The standard InChI is InChI=1S/C20H20N4O5/c1-12(25)13-4-3-5-14(10-13)21-19(27)22-15-6-7-17-16(11-15)18(26)24(8-9-29-2)20(28)23-17/h3-7,10-11H,8-9H2,1-2H3,(H,23,28)(H2,21,22,27). The minimum atomic E-state index is -0.533. The molecule has 0 spiro atoms. The van der Waals surface area contributed by atoms with Gasteiger partial charge < -0.3 is 20.4 Å². The normalized spacial score (nSPS) is 10.7. The first kappa shape index (κ1) is 20.0. The third-order valence-corrected chi connectivity index (χ3v) is 4.29. The lowest BCUT2D eigenvalue weighted by molar-refractivity contribution is 0.101. The van der Waals surface area contributed by atoms with Crippen LogP contribution in [0.3, 0.4) is 0 Å². The van der Waals surface area contributed by atoms with Crippen LogP contribution < -0.4 is 21.9 Å². The summed E-state index contributed by atoms with van der Waals surface area (Å²) >= 11 is 0. The molecule has 3 rings (SSSR count). The van der Waals surface area contributed by atoms with Crippen LogP contribution in [0, 0.1) is 0 Å². The number of Topliss-reactive ketones (excluding diaryl/α,β-unsaturated/α-hetero) is 1. The second-order valence-corrected chi connectivity index (χ2v) is 6.36. The fourth-order valence-corrected chi connectivity index (χ4v) is 2.82. The topological polar surface area (TPSA) is 122 Å². The average Bonchev–Trinajstić information content (AvgIpc) is 2.68. The summed E-state index contributed by atoms with van der Waals surface area (Å²) < 4.78 is 5.97. The maximum absolute atomic E-state index is 12.6. The van der Waals surface area contributed by atoms with Gasteiger partial charge in [0.1, 0.15) is 0 Å². The van der Waals surface area contributed by atoms with Gasteiger partial charge in [0.05, 0.1) is 24.1 Å². The summed E-state index contributed by atoms with van der Waals surface area (Å²) in [6.45, 7) is 1.78. The van der Waals surface area contributed by atoms with E-state index in [1.54, 1.807) is 36.4 Å². The number of amides is 2. The fraction of sp³-hybridized carbons (Fsp3) is 0.200. The van der Waals surface area contributed by atoms with Crippen molar-refractivity contribution in [2.75, 3.05) is 24.4 Å². The highest BCUT2D eigenvalue weighted by Crippen LogP contribution is 2.15. The molecular formula is C20H20N4O5. The van der Waals surface area contributed by atoms with Crippen molar-refractivity contribution in [3.05, 3.63) is 68.9 Å². The van der Waals surface area contributed by atoms with Gasteiger partial charge in [-0.15, -0.1) is 0 Å². The Kier molecular flexibility index (Phi) is 5.89. The molecule has 3 N–H and O–H groups in total. The Morgan fingerprint density at radius 2 is 1.79 bits per heavy atom. The van der Waals surface area contributed by atoms with Crippen LogP contribution in [0.5, 0.6) is 0 Å². The molecule has 0 aliphatic rings. The van der Waals surface area contributed by atoms with Gasteiger partial charge in [-0.2, -0.15) is 0 Å². The fourth-order valence-electron chi connectivity index (χ4n) is 2.82. The second kappa shape index (κ2) is 8.53. The van der Waals surface area contributed by atoms with Crippen LogP contribution in [-0.4, -0.2) is 35.1 Å². The van der Waals surface area contributed by atoms with Crippen LogP contribution in [0.4, 0.5) is 16.2 Å². The molecule has 2 amide bonds. The number of nitrogens with one attached hydrogen (secondary N) is 3. The predicted molar refractivity (Wildman–Crippen MR) is 110 cm³/mol. The molecule has 0 aliphatic heterocycles. The lowest BCUT2D eigenvalue weighted by Crippen LogP contribution is -2.36. The number of carbonyl (C=O) groups excluding carboxylic acids is 2. The molecule has 0 saturated heterocycles. The number of hydrogen-bond donors (Lipinski definition) is 3. The van der Waals surface area contributed by atoms with Crippen LogP contribution in [0.25, 0.3) is 10.9 Å². The van der Waals surface area contributed by atoms with E-state index < -0.39 is 17.3 Å². The quantitative estimate of drug-likeness (QED) is 0.551. The Morgan fingerprint density at radius 1 is 1.07 bits per heavy atom. The molecule has 0 saturated carbocycles. The highest BCUT2D eigenvalue weighted by Gasteiger charge is 2.10. The average molecular weight is 396 g/mol. The van der Waals surface area contributed by atoms with Crippen molar-refractivity contribution in [1.82, 2.24) is 9.55 Å². The van der Waals surface area contributed by atoms with E-state index >= 15 is 0 Å². The number of aromatic nitrogens is 2. The summed E-state index contributed by atoms with van der Waals surface area (Å²) in [6, 6.07) is 10.6. The first-order valence-electron chi connectivity index (χ1n) is 8.84. The number of hydrogen-bond acceptors (Lipinski definition) is 5. The van der Waals surface area contributed by atoms with Crippen LogP contribution >= 0.6 is 0 Å². The number of methoxy groups -OCH3 is 1. The van der Waals surface area contributed by atoms with Crippen molar-refractivity contribution >= 4 is 34.1 Å². The summed E-state index contributed by atoms with van der Waals surface area (Å²) in [4.78, 5) is 51.0. The first-order valence-corrected chi connectivity index (χ1v) is 8.84. The highest BCUT2D eigenvalue weighted by atomic mass is 16.5. The monoisotopic (exact) mass is 396 g/mol. The molecule has 9 nitrogen and oxygen atoms in total. The summed E-state index contributed by atoms with van der Waals surface area (Å²) in [7, 11) is 1.48. The van der Waals surface area contributed by atoms with Gasteiger partial charge in [0, 0.05) is 24.0 Å². The van der Waals surface area contributed by atoms with Gasteiger partial charge in [0.25, 0.3) is 5.56 Å². The zero-order chi connectivity index (χ0) is 21.0. The van der Waals surface area contributed by atoms with Crippen molar-refractivity contribution in [3.8, 4) is 0 Å². The van der Waals surface area contributed by atoms with Crippen molar-refractivity contribution in [2.45, 2.75) is 13.5 Å². The minimum absolute atomic E-state index is 0.109. The summed E-state index contributed by atoms with van der Waals surface area (Å²) in [6.07, 6.45) is 0. The molecule has 9 heteroatoms. The number of ketones is 1. The molecule has 1 heterocycles. The molecule has 3 aromatic rings. The molecule has 0 unspecified atom stereocenters. The molecule has 1 aromatic heterocycles. The largest absolute Gasteiger partial charge is 0.383 e. The number of nitrogens with zero attached hydrogens (tertiary/aromatic N) is 1. The number of urea groups is 1. The van der Waals surface area contributed by atoms with Gasteiger partial charge in [-0.1, -0.05) is 12.1 Å². The van der Waals surface area contributed by atoms with E-state index in [1.807, 2.05) is 0 Å². The van der Waals surface area contributed by atoms with E-state index in [-0.39, 0.29) is 24.3 Å². The van der Waals surface area contributed by atoms with Gasteiger partial charge in [-0.25, -0.2) is 9.59 Å². The Labute approximate surface area is 165 Å². The molecule has 0 radical (unpaired) electrons. The van der Waals surface area contributed by atoms with E-state index in [4.69, 9.17) is 4.74 Å². The number of H-pyrrole nitrogens is 1. The Hall–Kier alpha value is -3.72. The SMILES string of the molecule is COCCn1c(=O)[nH]c2ccc(NC(=O)Nc3cccc(C(C)=O)c3)cc2c1=O. The maximum atomic E-state index is 12.6. The number of rotatable bonds is 6. The van der Waals surface area contributed by atoms with E-state index in [0.29, 0.717) is 22.5 Å². The molecule has 0 aliphatic carbocycles. The summed E-state index contributed by atoms with van der Waals surface area (Å²) in [5, 5.41) is 5.53. The van der Waals surface area contributed by atoms with Crippen LogP contribution in [-0.2, 0) is 11.3 Å². The van der Waals surface area contributed by atoms with Gasteiger partial charge >= 0.3 is 11.7 Å². The molecule has 0 atom stereocenters. The van der Waals surface area contributed by atoms with Crippen molar-refractivity contribution in [1.29, 1.82) is 0 Å². The van der Waals surface area contributed by atoms with Crippen molar-refractivity contribution in [2.24, 2.45) is 0 Å². The zero-order valence-corrected chi connectivity index (χ0v) is 15.9.